The number of halogens is 2. The lowest BCUT2D eigenvalue weighted by atomic mass is 10.1. The predicted octanol–water partition coefficient (Wildman–Crippen LogP) is 6.67. The van der Waals surface area contributed by atoms with Gasteiger partial charge in [-0.05, 0) is 59.7 Å². The van der Waals surface area contributed by atoms with Crippen molar-refractivity contribution in [3.63, 3.8) is 0 Å². The molecule has 224 valence electrons. The molecule has 0 bridgehead atoms. The minimum absolute atomic E-state index is 0.0756. The molecular weight excluding hydrogens is 593 g/mol. The molecule has 3 heterocycles. The van der Waals surface area contributed by atoms with Crippen LogP contribution in [0, 0.1) is 17.1 Å². The Balaban J connectivity index is 1.52. The smallest absolute Gasteiger partial charge is 0.198 e. The van der Waals surface area contributed by atoms with Crippen molar-refractivity contribution in [3.8, 4) is 28.8 Å². The number of pyridine rings is 1. The van der Waals surface area contributed by atoms with Crippen LogP contribution in [0.15, 0.2) is 91.3 Å². The molecule has 0 saturated carbocycles. The normalized spacial score (nSPS) is 10.9. The quantitative estimate of drug-likeness (QED) is 0.168. The van der Waals surface area contributed by atoms with Crippen molar-refractivity contribution in [1.82, 2.24) is 24.6 Å². The van der Waals surface area contributed by atoms with E-state index in [-0.39, 0.29) is 17.5 Å². The van der Waals surface area contributed by atoms with Crippen LogP contribution in [0.5, 0.6) is 11.5 Å². The molecule has 9 nitrogen and oxygen atoms in total. The number of methoxy groups -OCH3 is 2. The molecule has 0 spiro atoms. The zero-order chi connectivity index (χ0) is 31.3. The van der Waals surface area contributed by atoms with E-state index >= 15 is 4.39 Å². The molecule has 0 atom stereocenters. The van der Waals surface area contributed by atoms with Crippen molar-refractivity contribution < 1.29 is 13.9 Å². The average molecular weight is 620 g/mol. The van der Waals surface area contributed by atoms with E-state index in [0.717, 1.165) is 22.6 Å². The van der Waals surface area contributed by atoms with E-state index < -0.39 is 5.82 Å². The lowest BCUT2D eigenvalue weighted by Gasteiger charge is -2.25. The van der Waals surface area contributed by atoms with E-state index in [9.17, 15) is 5.26 Å². The van der Waals surface area contributed by atoms with Gasteiger partial charge >= 0.3 is 0 Å². The van der Waals surface area contributed by atoms with Crippen LogP contribution in [0.2, 0.25) is 5.02 Å². The number of fused-ring (bicyclic) bond motifs is 1. The number of hydrogen-bond acceptors (Lipinski definition) is 8. The van der Waals surface area contributed by atoms with Gasteiger partial charge in [0.05, 0.1) is 48.8 Å². The van der Waals surface area contributed by atoms with Crippen molar-refractivity contribution >= 4 is 23.1 Å². The number of aromatic nitrogens is 5. The lowest BCUT2D eigenvalue weighted by molar-refractivity contribution is 0.414. The van der Waals surface area contributed by atoms with Gasteiger partial charge in [0, 0.05) is 24.8 Å². The molecule has 45 heavy (non-hydrogen) atoms. The summed E-state index contributed by atoms with van der Waals surface area (Å²) in [6.07, 6.45) is 3.57. The number of nitrogens with zero attached hydrogens (tertiary/aromatic N) is 7. The predicted molar refractivity (Wildman–Crippen MR) is 169 cm³/mol. The number of anilines is 1. The molecule has 3 aromatic heterocycles. The number of nitriles is 1. The van der Waals surface area contributed by atoms with E-state index in [1.807, 2.05) is 54.6 Å². The van der Waals surface area contributed by atoms with E-state index in [4.69, 9.17) is 36.1 Å². The van der Waals surface area contributed by atoms with Crippen molar-refractivity contribution in [3.05, 3.63) is 130 Å². The first kappa shape index (κ1) is 29.5. The van der Waals surface area contributed by atoms with Crippen LogP contribution in [0.25, 0.3) is 16.9 Å². The summed E-state index contributed by atoms with van der Waals surface area (Å²) >= 11 is 6.40. The molecule has 0 aliphatic heterocycles. The molecule has 6 aromatic rings. The Morgan fingerprint density at radius 3 is 2.16 bits per heavy atom. The van der Waals surface area contributed by atoms with Crippen LogP contribution in [0.1, 0.15) is 28.2 Å². The third kappa shape index (κ3) is 6.39. The van der Waals surface area contributed by atoms with Gasteiger partial charge in [0.15, 0.2) is 17.3 Å². The first-order valence-corrected chi connectivity index (χ1v) is 14.4. The standard InChI is InChI=1S/C34H27ClFN7O2/c1-44-25-12-8-22(9-13-25)19-42(20-23-10-14-26(45-2)15-11-23)33-34-40-31(17-29-28(35)7-4-16-38-29)41-43(34)21-30(39-33)27-6-3-5-24(18-37)32(27)36/h3-16,21H,17,19-20H2,1-2H3. The summed E-state index contributed by atoms with van der Waals surface area (Å²) in [6, 6.07) is 25.6. The fourth-order valence-electron chi connectivity index (χ4n) is 4.96. The van der Waals surface area contributed by atoms with Gasteiger partial charge in [0.2, 0.25) is 0 Å². The van der Waals surface area contributed by atoms with Gasteiger partial charge in [-0.3, -0.25) is 4.98 Å². The van der Waals surface area contributed by atoms with E-state index in [2.05, 4.69) is 9.88 Å². The summed E-state index contributed by atoms with van der Waals surface area (Å²) in [5.74, 6) is 1.77. The number of benzene rings is 3. The summed E-state index contributed by atoms with van der Waals surface area (Å²) in [5, 5.41) is 14.7. The largest absolute Gasteiger partial charge is 0.497 e. The van der Waals surface area contributed by atoms with Crippen LogP contribution < -0.4 is 14.4 Å². The maximum atomic E-state index is 15.5. The molecule has 11 heteroatoms. The third-order valence-corrected chi connectivity index (χ3v) is 7.61. The molecule has 0 aliphatic rings. The zero-order valence-corrected chi connectivity index (χ0v) is 25.2. The first-order valence-electron chi connectivity index (χ1n) is 14.0. The number of rotatable bonds is 10. The Morgan fingerprint density at radius 1 is 0.889 bits per heavy atom. The van der Waals surface area contributed by atoms with Gasteiger partial charge in [0.25, 0.3) is 0 Å². The highest BCUT2D eigenvalue weighted by Crippen LogP contribution is 2.30. The van der Waals surface area contributed by atoms with Crippen LogP contribution in [-0.2, 0) is 19.5 Å². The summed E-state index contributed by atoms with van der Waals surface area (Å²) in [7, 11) is 3.25. The zero-order valence-electron chi connectivity index (χ0n) is 24.5. The van der Waals surface area contributed by atoms with Crippen molar-refractivity contribution in [2.24, 2.45) is 0 Å². The second kappa shape index (κ2) is 13.0. The summed E-state index contributed by atoms with van der Waals surface area (Å²) < 4.78 is 27.8. The van der Waals surface area contributed by atoms with Crippen LogP contribution in [0.3, 0.4) is 0 Å². The Kier molecular flexibility index (Phi) is 8.53. The Labute approximate surface area is 264 Å². The van der Waals surface area contributed by atoms with Crippen LogP contribution in [0.4, 0.5) is 10.2 Å². The second-order valence-corrected chi connectivity index (χ2v) is 10.6. The average Bonchev–Trinajstić information content (AvgIpc) is 3.48. The second-order valence-electron chi connectivity index (χ2n) is 10.2. The molecule has 0 fully saturated rings. The SMILES string of the molecule is COc1ccc(CN(Cc2ccc(OC)cc2)c2nc(-c3cccc(C#N)c3F)cn3nc(Cc4ncccc4Cl)nc23)cc1. The molecule has 0 unspecified atom stereocenters. The molecule has 0 N–H and O–H groups in total. The lowest BCUT2D eigenvalue weighted by Crippen LogP contribution is -2.24. The summed E-state index contributed by atoms with van der Waals surface area (Å²) in [6.45, 7) is 0.883. The van der Waals surface area contributed by atoms with Gasteiger partial charge < -0.3 is 14.4 Å². The monoisotopic (exact) mass is 619 g/mol. The van der Waals surface area contributed by atoms with Crippen molar-refractivity contribution in [1.29, 1.82) is 5.26 Å². The van der Waals surface area contributed by atoms with Gasteiger partial charge in [-0.1, -0.05) is 41.9 Å². The Bertz CT molecular complexity index is 1960. The van der Waals surface area contributed by atoms with E-state index in [1.165, 1.54) is 6.07 Å². The molecule has 0 aliphatic carbocycles. The van der Waals surface area contributed by atoms with Gasteiger partial charge in [-0.2, -0.15) is 10.4 Å². The minimum Gasteiger partial charge on any atom is -0.497 e. The summed E-state index contributed by atoms with van der Waals surface area (Å²) in [4.78, 5) is 16.3. The number of hydrogen-bond donors (Lipinski definition) is 0. The van der Waals surface area contributed by atoms with Gasteiger partial charge in [-0.25, -0.2) is 18.9 Å². The molecule has 0 saturated heterocycles. The Morgan fingerprint density at radius 2 is 1.56 bits per heavy atom. The highest BCUT2D eigenvalue weighted by Gasteiger charge is 2.22. The fourth-order valence-corrected chi connectivity index (χ4v) is 5.15. The maximum absolute atomic E-state index is 15.5. The topological polar surface area (TPSA) is 101 Å². The third-order valence-electron chi connectivity index (χ3n) is 7.27. The van der Waals surface area contributed by atoms with E-state index in [1.54, 1.807) is 55.4 Å². The molecule has 3 aromatic carbocycles. The fraction of sp³-hybridized carbons (Fsp3) is 0.147. The van der Waals surface area contributed by atoms with Crippen molar-refractivity contribution in [2.45, 2.75) is 19.5 Å². The highest BCUT2D eigenvalue weighted by atomic mass is 35.5. The highest BCUT2D eigenvalue weighted by molar-refractivity contribution is 6.31. The molecule has 6 rings (SSSR count). The van der Waals surface area contributed by atoms with Crippen LogP contribution in [-0.4, -0.2) is 38.8 Å². The Hall–Kier alpha value is -5.53. The van der Waals surface area contributed by atoms with Gasteiger partial charge in [-0.15, -0.1) is 0 Å². The molecule has 0 amide bonds. The van der Waals surface area contributed by atoms with E-state index in [0.29, 0.717) is 46.8 Å². The number of ether oxygens (including phenoxy) is 2. The molecule has 0 radical (unpaired) electrons. The molecular formula is C34H27ClFN7O2. The van der Waals surface area contributed by atoms with Crippen molar-refractivity contribution in [2.75, 3.05) is 19.1 Å². The van der Waals surface area contributed by atoms with Crippen LogP contribution >= 0.6 is 11.6 Å². The first-order chi connectivity index (χ1) is 21.9. The maximum Gasteiger partial charge on any atom is 0.198 e. The minimum atomic E-state index is -0.657. The van der Waals surface area contributed by atoms with Gasteiger partial charge in [0.1, 0.15) is 23.4 Å². The summed E-state index contributed by atoms with van der Waals surface area (Å²) in [5.41, 5.74) is 3.49.